The number of likely N-dealkylation sites (tertiary alicyclic amines) is 1. The Morgan fingerprint density at radius 1 is 1.16 bits per heavy atom. The molecule has 31 heavy (non-hydrogen) atoms. The fraction of sp³-hybridized carbons (Fsp3) is 0.292. The molecule has 158 valence electrons. The van der Waals surface area contributed by atoms with Gasteiger partial charge in [0.25, 0.3) is 0 Å². The van der Waals surface area contributed by atoms with Gasteiger partial charge in [-0.2, -0.15) is 5.10 Å². The third kappa shape index (κ3) is 3.61. The summed E-state index contributed by atoms with van der Waals surface area (Å²) >= 11 is 6.02. The zero-order chi connectivity index (χ0) is 21.5. The van der Waals surface area contributed by atoms with E-state index in [0.717, 1.165) is 58.9 Å². The molecule has 3 heterocycles. The number of aryl methyl sites for hydroxylation is 1. The molecule has 4 aromatic rings. The molecule has 1 aliphatic heterocycles. The summed E-state index contributed by atoms with van der Waals surface area (Å²) in [5.74, 6) is 0.988. The Morgan fingerprint density at radius 2 is 1.94 bits per heavy atom. The monoisotopic (exact) mass is 433 g/mol. The van der Waals surface area contributed by atoms with Gasteiger partial charge in [-0.1, -0.05) is 23.7 Å². The van der Waals surface area contributed by atoms with E-state index in [1.54, 1.807) is 0 Å². The van der Waals surface area contributed by atoms with Crippen molar-refractivity contribution in [1.29, 1.82) is 0 Å². The lowest BCUT2D eigenvalue weighted by Crippen LogP contribution is -2.32. The van der Waals surface area contributed by atoms with Gasteiger partial charge in [0.05, 0.1) is 34.9 Å². The molecule has 7 heteroatoms. The molecule has 6 nitrogen and oxygen atoms in total. The van der Waals surface area contributed by atoms with Crippen molar-refractivity contribution < 1.29 is 4.79 Å². The molecule has 1 N–H and O–H groups in total. The maximum atomic E-state index is 13.3. The van der Waals surface area contributed by atoms with Crippen LogP contribution < -0.4 is 0 Å². The van der Waals surface area contributed by atoms with Gasteiger partial charge in [-0.15, -0.1) is 0 Å². The number of hydrogen-bond donors (Lipinski definition) is 1. The van der Waals surface area contributed by atoms with Crippen LogP contribution in [0.25, 0.3) is 16.7 Å². The molecular weight excluding hydrogens is 410 g/mol. The van der Waals surface area contributed by atoms with Gasteiger partial charge in [-0.3, -0.25) is 4.79 Å². The molecule has 1 aliphatic rings. The number of amides is 1. The lowest BCUT2D eigenvalue weighted by molar-refractivity contribution is -0.131. The quantitative estimate of drug-likeness (QED) is 0.496. The Morgan fingerprint density at radius 3 is 2.71 bits per heavy atom. The number of carbonyl (C=O) groups excluding carboxylic acids is 1. The Balaban J connectivity index is 1.40. The van der Waals surface area contributed by atoms with E-state index < -0.39 is 0 Å². The number of imidazole rings is 1. The topological polar surface area (TPSA) is 66.8 Å². The molecule has 0 bridgehead atoms. The number of hydrogen-bond acceptors (Lipinski definition) is 3. The fourth-order valence-corrected chi connectivity index (χ4v) is 4.62. The van der Waals surface area contributed by atoms with Crippen LogP contribution in [-0.2, 0) is 11.2 Å². The van der Waals surface area contributed by atoms with E-state index >= 15 is 0 Å². The van der Waals surface area contributed by atoms with Crippen LogP contribution in [0.1, 0.15) is 41.7 Å². The molecule has 1 amide bonds. The number of aromatic amines is 1. The number of fused-ring (bicyclic) bond motifs is 1. The van der Waals surface area contributed by atoms with Gasteiger partial charge in [0, 0.05) is 22.8 Å². The van der Waals surface area contributed by atoms with Gasteiger partial charge in [0.2, 0.25) is 5.91 Å². The Kier molecular flexibility index (Phi) is 5.02. The third-order valence-corrected chi connectivity index (χ3v) is 6.39. The van der Waals surface area contributed by atoms with Gasteiger partial charge in [0.1, 0.15) is 5.82 Å². The highest BCUT2D eigenvalue weighted by molar-refractivity contribution is 6.30. The van der Waals surface area contributed by atoms with Crippen molar-refractivity contribution >= 4 is 28.5 Å². The van der Waals surface area contributed by atoms with Crippen molar-refractivity contribution in [2.45, 2.75) is 39.2 Å². The minimum absolute atomic E-state index is 0.00757. The number of carbonyl (C=O) groups is 1. The summed E-state index contributed by atoms with van der Waals surface area (Å²) in [6, 6.07) is 15.5. The van der Waals surface area contributed by atoms with E-state index in [1.807, 2.05) is 72.0 Å². The largest absolute Gasteiger partial charge is 0.340 e. The number of aromatic nitrogens is 4. The molecular formula is C24H24ClN5O. The first-order chi connectivity index (χ1) is 15.0. The Bertz CT molecular complexity index is 1220. The van der Waals surface area contributed by atoms with E-state index in [0.29, 0.717) is 11.4 Å². The number of rotatable bonds is 4. The summed E-state index contributed by atoms with van der Waals surface area (Å²) in [5.41, 5.74) is 5.72. The number of nitrogens with one attached hydrogen (secondary N) is 1. The smallest absolute Gasteiger partial charge is 0.227 e. The van der Waals surface area contributed by atoms with Crippen LogP contribution in [0.15, 0.2) is 48.5 Å². The number of benzene rings is 2. The highest BCUT2D eigenvalue weighted by Gasteiger charge is 2.32. The van der Waals surface area contributed by atoms with Crippen LogP contribution in [0.3, 0.4) is 0 Å². The first-order valence-electron chi connectivity index (χ1n) is 10.6. The maximum absolute atomic E-state index is 13.3. The molecule has 1 unspecified atom stereocenters. The number of para-hydroxylation sites is 2. The first-order valence-corrected chi connectivity index (χ1v) is 10.9. The van der Waals surface area contributed by atoms with Crippen molar-refractivity contribution in [3.63, 3.8) is 0 Å². The van der Waals surface area contributed by atoms with Gasteiger partial charge < -0.3 is 9.88 Å². The van der Waals surface area contributed by atoms with Crippen LogP contribution in [0.4, 0.5) is 0 Å². The molecule has 1 fully saturated rings. The first kappa shape index (κ1) is 19.8. The molecule has 2 aromatic heterocycles. The van der Waals surface area contributed by atoms with E-state index in [4.69, 9.17) is 16.6 Å². The second-order valence-corrected chi connectivity index (χ2v) is 8.54. The van der Waals surface area contributed by atoms with Gasteiger partial charge in [-0.05, 0) is 63.1 Å². The van der Waals surface area contributed by atoms with Crippen LogP contribution in [0.2, 0.25) is 5.02 Å². The summed E-state index contributed by atoms with van der Waals surface area (Å²) in [6.07, 6.45) is 2.24. The van der Waals surface area contributed by atoms with E-state index in [1.165, 1.54) is 0 Å². The predicted octanol–water partition coefficient (Wildman–Crippen LogP) is 4.93. The summed E-state index contributed by atoms with van der Waals surface area (Å²) in [6.45, 7) is 4.73. The number of H-pyrrole nitrogens is 1. The summed E-state index contributed by atoms with van der Waals surface area (Å²) < 4.78 is 1.88. The molecule has 0 aliphatic carbocycles. The standard InChI is InChI=1S/C24H24ClN5O/c1-15-19(16(2)30(28-15)18-11-9-17(25)10-12-18)14-23(31)29-13-5-8-22(29)24-26-20-6-3-4-7-21(20)27-24/h3-4,6-7,9-12,22H,5,8,13-14H2,1-2H3,(H,26,27). The Hall–Kier alpha value is -3.12. The zero-order valence-electron chi connectivity index (χ0n) is 17.6. The normalized spacial score (nSPS) is 16.4. The SMILES string of the molecule is Cc1nn(-c2ccc(Cl)cc2)c(C)c1CC(=O)N1CCCC1c1nc2ccccc2[nH]1. The summed E-state index contributed by atoms with van der Waals surface area (Å²) in [4.78, 5) is 23.5. The average Bonchev–Trinajstić information content (AvgIpc) is 3.47. The van der Waals surface area contributed by atoms with Crippen LogP contribution >= 0.6 is 11.6 Å². The van der Waals surface area contributed by atoms with E-state index in [-0.39, 0.29) is 11.9 Å². The number of halogens is 1. The average molecular weight is 434 g/mol. The van der Waals surface area contributed by atoms with Crippen LogP contribution in [-0.4, -0.2) is 37.1 Å². The van der Waals surface area contributed by atoms with Gasteiger partial charge >= 0.3 is 0 Å². The van der Waals surface area contributed by atoms with Crippen LogP contribution in [0.5, 0.6) is 0 Å². The van der Waals surface area contributed by atoms with Crippen molar-refractivity contribution in [2.24, 2.45) is 0 Å². The highest BCUT2D eigenvalue weighted by Crippen LogP contribution is 2.32. The minimum Gasteiger partial charge on any atom is -0.340 e. The van der Waals surface area contributed by atoms with Gasteiger partial charge in [-0.25, -0.2) is 9.67 Å². The molecule has 2 aromatic carbocycles. The summed E-state index contributed by atoms with van der Waals surface area (Å²) in [7, 11) is 0. The molecule has 1 saturated heterocycles. The van der Waals surface area contributed by atoms with Gasteiger partial charge in [0.15, 0.2) is 0 Å². The lowest BCUT2D eigenvalue weighted by atomic mass is 10.1. The highest BCUT2D eigenvalue weighted by atomic mass is 35.5. The third-order valence-electron chi connectivity index (χ3n) is 6.14. The molecule has 1 atom stereocenters. The lowest BCUT2D eigenvalue weighted by Gasteiger charge is -2.23. The fourth-order valence-electron chi connectivity index (χ4n) is 4.50. The minimum atomic E-state index is -0.00757. The Labute approximate surface area is 185 Å². The van der Waals surface area contributed by atoms with Crippen molar-refractivity contribution in [3.05, 3.63) is 76.3 Å². The molecule has 0 spiro atoms. The molecule has 5 rings (SSSR count). The number of nitrogens with zero attached hydrogens (tertiary/aromatic N) is 4. The van der Waals surface area contributed by atoms with E-state index in [2.05, 4.69) is 10.1 Å². The summed E-state index contributed by atoms with van der Waals surface area (Å²) in [5, 5.41) is 5.37. The van der Waals surface area contributed by atoms with Crippen molar-refractivity contribution in [3.8, 4) is 5.69 Å². The van der Waals surface area contributed by atoms with Crippen LogP contribution in [0, 0.1) is 13.8 Å². The predicted molar refractivity (Wildman–Crippen MR) is 122 cm³/mol. The molecule has 0 radical (unpaired) electrons. The molecule has 0 saturated carbocycles. The second kappa shape index (κ2) is 7.85. The van der Waals surface area contributed by atoms with Crippen molar-refractivity contribution in [1.82, 2.24) is 24.6 Å². The maximum Gasteiger partial charge on any atom is 0.227 e. The van der Waals surface area contributed by atoms with Crippen molar-refractivity contribution in [2.75, 3.05) is 6.54 Å². The second-order valence-electron chi connectivity index (χ2n) is 8.10. The van der Waals surface area contributed by atoms with E-state index in [9.17, 15) is 4.79 Å². The zero-order valence-corrected chi connectivity index (χ0v) is 18.4.